The number of rotatable bonds is 2. The molecule has 4 nitrogen and oxygen atoms in total. The highest BCUT2D eigenvalue weighted by Gasteiger charge is 2.20. The number of hydrogen-bond donors (Lipinski definition) is 3. The number of thiocarbonyl (C=S) groups is 1. The maximum absolute atomic E-state index is 12.3. The van der Waals surface area contributed by atoms with Gasteiger partial charge < -0.3 is 5.32 Å². The quantitative estimate of drug-likeness (QED) is 0.541. The first-order valence-electron chi connectivity index (χ1n) is 7.76. The van der Waals surface area contributed by atoms with E-state index in [0.717, 1.165) is 23.4 Å². The van der Waals surface area contributed by atoms with Gasteiger partial charge in [0.05, 0.1) is 4.88 Å². The first kappa shape index (κ1) is 17.2. The Morgan fingerprint density at radius 1 is 1.29 bits per heavy atom. The van der Waals surface area contributed by atoms with E-state index >= 15 is 0 Å². The number of halogens is 1. The molecule has 0 unspecified atom stereocenters. The standard InChI is InChI=1S/C17H18ClN3OS2/c1-10-2-7-14-11(8-10)9-15(24-14)16(22)20-21-17(23)19-13-5-3-12(18)4-6-13/h3-6,9-10H,2,7-8H2,1H3,(H,20,22)(H2,19,21,23)/t10-/m1/s1. The van der Waals surface area contributed by atoms with Crippen molar-refractivity contribution in [3.63, 3.8) is 0 Å². The Morgan fingerprint density at radius 2 is 2.04 bits per heavy atom. The second-order valence-corrected chi connectivity index (χ2v) is 7.93. The third-order valence-electron chi connectivity index (χ3n) is 3.94. The van der Waals surface area contributed by atoms with Crippen molar-refractivity contribution in [2.75, 3.05) is 5.32 Å². The van der Waals surface area contributed by atoms with Gasteiger partial charge in [-0.2, -0.15) is 0 Å². The maximum Gasteiger partial charge on any atom is 0.279 e. The van der Waals surface area contributed by atoms with E-state index < -0.39 is 0 Å². The molecule has 1 atom stereocenters. The molecule has 1 amide bonds. The summed E-state index contributed by atoms with van der Waals surface area (Å²) in [5, 5.41) is 3.96. The van der Waals surface area contributed by atoms with Crippen molar-refractivity contribution < 1.29 is 4.79 Å². The van der Waals surface area contributed by atoms with E-state index in [1.54, 1.807) is 23.5 Å². The van der Waals surface area contributed by atoms with Crippen LogP contribution in [0.2, 0.25) is 5.02 Å². The van der Waals surface area contributed by atoms with E-state index in [4.69, 9.17) is 23.8 Å². The molecule has 1 aliphatic rings. The van der Waals surface area contributed by atoms with Gasteiger partial charge >= 0.3 is 0 Å². The van der Waals surface area contributed by atoms with Gasteiger partial charge in [-0.05, 0) is 73.3 Å². The molecule has 0 bridgehead atoms. The van der Waals surface area contributed by atoms with Crippen molar-refractivity contribution >= 4 is 51.9 Å². The number of amides is 1. The van der Waals surface area contributed by atoms with Crippen LogP contribution in [-0.2, 0) is 12.8 Å². The molecular weight excluding hydrogens is 362 g/mol. The van der Waals surface area contributed by atoms with Gasteiger partial charge in [0.25, 0.3) is 5.91 Å². The molecule has 0 aliphatic heterocycles. The highest BCUT2D eigenvalue weighted by atomic mass is 35.5. The van der Waals surface area contributed by atoms with Gasteiger partial charge in [0, 0.05) is 15.6 Å². The Bertz CT molecular complexity index is 758. The number of carbonyl (C=O) groups excluding carboxylic acids is 1. The van der Waals surface area contributed by atoms with Crippen LogP contribution in [0, 0.1) is 5.92 Å². The normalized spacial score (nSPS) is 16.2. The van der Waals surface area contributed by atoms with Crippen LogP contribution in [0.3, 0.4) is 0 Å². The molecule has 0 saturated carbocycles. The van der Waals surface area contributed by atoms with Crippen LogP contribution in [0.25, 0.3) is 0 Å². The van der Waals surface area contributed by atoms with Gasteiger partial charge in [0.15, 0.2) is 5.11 Å². The Kier molecular flexibility index (Phi) is 5.38. The smallest absolute Gasteiger partial charge is 0.279 e. The maximum atomic E-state index is 12.3. The van der Waals surface area contributed by atoms with Crippen LogP contribution in [0.1, 0.15) is 33.5 Å². The summed E-state index contributed by atoms with van der Waals surface area (Å²) in [4.78, 5) is 14.3. The molecule has 0 saturated heterocycles. The van der Waals surface area contributed by atoms with Crippen LogP contribution < -0.4 is 16.2 Å². The molecule has 1 aromatic carbocycles. The number of aryl methyl sites for hydroxylation is 1. The molecule has 3 rings (SSSR count). The number of nitrogens with one attached hydrogen (secondary N) is 3. The first-order valence-corrected chi connectivity index (χ1v) is 9.36. The fourth-order valence-corrected chi connectivity index (χ4v) is 4.09. The van der Waals surface area contributed by atoms with Gasteiger partial charge in [-0.1, -0.05) is 18.5 Å². The molecule has 1 aliphatic carbocycles. The van der Waals surface area contributed by atoms with E-state index in [1.807, 2.05) is 18.2 Å². The molecule has 7 heteroatoms. The number of hydrogen-bond acceptors (Lipinski definition) is 3. The number of fused-ring (bicyclic) bond motifs is 1. The lowest BCUT2D eigenvalue weighted by molar-refractivity contribution is 0.0948. The van der Waals surface area contributed by atoms with Crippen molar-refractivity contribution in [1.82, 2.24) is 10.9 Å². The summed E-state index contributed by atoms with van der Waals surface area (Å²) >= 11 is 12.6. The topological polar surface area (TPSA) is 53.2 Å². The minimum atomic E-state index is -0.165. The largest absolute Gasteiger partial charge is 0.331 e. The van der Waals surface area contributed by atoms with Crippen molar-refractivity contribution in [3.8, 4) is 0 Å². The Hall–Kier alpha value is -1.63. The van der Waals surface area contributed by atoms with Gasteiger partial charge in [-0.25, -0.2) is 0 Å². The van der Waals surface area contributed by atoms with Gasteiger partial charge in [-0.3, -0.25) is 15.6 Å². The second kappa shape index (κ2) is 7.51. The lowest BCUT2D eigenvalue weighted by atomic mass is 9.90. The molecule has 1 heterocycles. The highest BCUT2D eigenvalue weighted by Crippen LogP contribution is 2.32. The van der Waals surface area contributed by atoms with E-state index in [2.05, 4.69) is 23.1 Å². The summed E-state index contributed by atoms with van der Waals surface area (Å²) in [7, 11) is 0. The van der Waals surface area contributed by atoms with Crippen LogP contribution >= 0.6 is 35.2 Å². The number of thiophene rings is 1. The molecule has 0 radical (unpaired) electrons. The SMILES string of the molecule is C[C@@H]1CCc2sc(C(=O)NNC(=S)Nc3ccc(Cl)cc3)cc2C1. The third kappa shape index (κ3) is 4.26. The Labute approximate surface area is 155 Å². The molecule has 0 spiro atoms. The van der Waals surface area contributed by atoms with Crippen molar-refractivity contribution in [2.24, 2.45) is 5.92 Å². The summed E-state index contributed by atoms with van der Waals surface area (Å²) in [6.07, 6.45) is 3.32. The fourth-order valence-electron chi connectivity index (χ4n) is 2.69. The highest BCUT2D eigenvalue weighted by molar-refractivity contribution is 7.80. The van der Waals surface area contributed by atoms with Gasteiger partial charge in [-0.15, -0.1) is 11.3 Å². The number of anilines is 1. The molecule has 2 aromatic rings. The minimum absolute atomic E-state index is 0.165. The van der Waals surface area contributed by atoms with Crippen LogP contribution in [0.15, 0.2) is 30.3 Å². The molecule has 24 heavy (non-hydrogen) atoms. The van der Waals surface area contributed by atoms with E-state index in [-0.39, 0.29) is 5.91 Å². The summed E-state index contributed by atoms with van der Waals surface area (Å²) in [6, 6.07) is 9.16. The van der Waals surface area contributed by atoms with Crippen LogP contribution in [-0.4, -0.2) is 11.0 Å². The number of carbonyl (C=O) groups is 1. The summed E-state index contributed by atoms with van der Waals surface area (Å²) in [5.41, 5.74) is 7.48. The van der Waals surface area contributed by atoms with Crippen LogP contribution in [0.5, 0.6) is 0 Å². The summed E-state index contributed by atoms with van der Waals surface area (Å²) in [5.74, 6) is 0.527. The lowest BCUT2D eigenvalue weighted by Gasteiger charge is -2.16. The first-order chi connectivity index (χ1) is 11.5. The van der Waals surface area contributed by atoms with E-state index in [9.17, 15) is 4.79 Å². The zero-order valence-corrected chi connectivity index (χ0v) is 15.6. The van der Waals surface area contributed by atoms with Crippen molar-refractivity contribution in [3.05, 3.63) is 50.7 Å². The number of hydrazine groups is 1. The van der Waals surface area contributed by atoms with Crippen molar-refractivity contribution in [1.29, 1.82) is 0 Å². The van der Waals surface area contributed by atoms with E-state index in [1.165, 1.54) is 16.9 Å². The predicted molar refractivity (Wildman–Crippen MR) is 104 cm³/mol. The lowest BCUT2D eigenvalue weighted by Crippen LogP contribution is -2.43. The summed E-state index contributed by atoms with van der Waals surface area (Å²) < 4.78 is 0. The molecule has 1 aromatic heterocycles. The third-order valence-corrected chi connectivity index (χ3v) is 5.64. The minimum Gasteiger partial charge on any atom is -0.331 e. The summed E-state index contributed by atoms with van der Waals surface area (Å²) in [6.45, 7) is 2.25. The molecule has 0 fully saturated rings. The number of benzene rings is 1. The second-order valence-electron chi connectivity index (χ2n) is 5.95. The van der Waals surface area contributed by atoms with Gasteiger partial charge in [0.2, 0.25) is 0 Å². The molecule has 3 N–H and O–H groups in total. The fraction of sp³-hybridized carbons (Fsp3) is 0.294. The Balaban J connectivity index is 1.53. The molecule has 126 valence electrons. The van der Waals surface area contributed by atoms with E-state index in [0.29, 0.717) is 16.1 Å². The van der Waals surface area contributed by atoms with Crippen LogP contribution in [0.4, 0.5) is 5.69 Å². The van der Waals surface area contributed by atoms with Gasteiger partial charge in [0.1, 0.15) is 0 Å². The molecular formula is C17H18ClN3OS2. The zero-order valence-electron chi connectivity index (χ0n) is 13.2. The average molecular weight is 380 g/mol. The average Bonchev–Trinajstić information content (AvgIpc) is 2.98. The monoisotopic (exact) mass is 379 g/mol. The Morgan fingerprint density at radius 3 is 2.79 bits per heavy atom. The van der Waals surface area contributed by atoms with Crippen molar-refractivity contribution in [2.45, 2.75) is 26.2 Å². The predicted octanol–water partition coefficient (Wildman–Crippen LogP) is 4.16. The zero-order chi connectivity index (χ0) is 17.1.